The highest BCUT2D eigenvalue weighted by Crippen LogP contribution is 2.33. The molecule has 1 atom stereocenters. The van der Waals surface area contributed by atoms with Gasteiger partial charge in [0.2, 0.25) is 0 Å². The molecular weight excluding hydrogens is 176 g/mol. The normalized spacial score (nSPS) is 28.9. The van der Waals surface area contributed by atoms with Crippen LogP contribution in [0.2, 0.25) is 0 Å². The molecule has 0 aromatic rings. The van der Waals surface area contributed by atoms with Crippen LogP contribution in [0.15, 0.2) is 0 Å². The summed E-state index contributed by atoms with van der Waals surface area (Å²) < 4.78 is 0. The maximum absolute atomic E-state index is 8.84. The van der Waals surface area contributed by atoms with E-state index in [1.165, 1.54) is 32.2 Å². The summed E-state index contributed by atoms with van der Waals surface area (Å²) in [6.45, 7) is 3.54. The molecule has 1 heterocycles. The Bertz CT molecular complexity index is 182. The van der Waals surface area contributed by atoms with Gasteiger partial charge in [-0.2, -0.15) is 0 Å². The quantitative estimate of drug-likeness (QED) is 0.698. The average molecular weight is 198 g/mol. The second-order valence-corrected chi connectivity index (χ2v) is 4.75. The monoisotopic (exact) mass is 198 g/mol. The summed E-state index contributed by atoms with van der Waals surface area (Å²) in [5.41, 5.74) is 0. The lowest BCUT2D eigenvalue weighted by molar-refractivity contribution is 0.162. The zero-order chi connectivity index (χ0) is 9.97. The van der Waals surface area contributed by atoms with Crippen LogP contribution in [0.5, 0.6) is 0 Å². The first kappa shape index (κ1) is 10.4. The third-order valence-electron chi connectivity index (χ3n) is 3.44. The van der Waals surface area contributed by atoms with Crippen LogP contribution in [0.25, 0.3) is 0 Å². The Kier molecular flexibility index (Phi) is 3.42. The fourth-order valence-electron chi connectivity index (χ4n) is 2.56. The molecule has 1 unspecified atom stereocenters. The van der Waals surface area contributed by atoms with E-state index in [9.17, 15) is 0 Å². The summed E-state index contributed by atoms with van der Waals surface area (Å²) in [4.78, 5) is 4.94. The highest BCUT2D eigenvalue weighted by Gasteiger charge is 2.36. The summed E-state index contributed by atoms with van der Waals surface area (Å²) >= 11 is 0. The Labute approximate surface area is 86.7 Å². The standard InChI is InChI=1S/C11H22N2O/c1-12(7-8-14)9-11-3-2-6-13(11)10-4-5-10/h10-11,14H,2-9H2,1H3. The molecular formula is C11H22N2O. The topological polar surface area (TPSA) is 26.7 Å². The lowest BCUT2D eigenvalue weighted by atomic mass is 10.2. The SMILES string of the molecule is CN(CCO)CC1CCCN1C1CC1. The van der Waals surface area contributed by atoms with Gasteiger partial charge in [-0.05, 0) is 39.3 Å². The molecule has 0 amide bonds. The van der Waals surface area contributed by atoms with Crippen LogP contribution in [-0.2, 0) is 0 Å². The van der Waals surface area contributed by atoms with Gasteiger partial charge in [-0.15, -0.1) is 0 Å². The molecule has 0 aromatic heterocycles. The average Bonchev–Trinajstić information content (AvgIpc) is 2.89. The number of hydrogen-bond acceptors (Lipinski definition) is 3. The van der Waals surface area contributed by atoms with E-state index in [1.807, 2.05) is 0 Å². The van der Waals surface area contributed by atoms with Gasteiger partial charge in [-0.25, -0.2) is 0 Å². The summed E-state index contributed by atoms with van der Waals surface area (Å²) in [6, 6.07) is 1.67. The maximum Gasteiger partial charge on any atom is 0.0558 e. The Morgan fingerprint density at radius 1 is 1.36 bits per heavy atom. The van der Waals surface area contributed by atoms with Crippen molar-refractivity contribution in [3.05, 3.63) is 0 Å². The lowest BCUT2D eigenvalue weighted by Gasteiger charge is -2.28. The van der Waals surface area contributed by atoms with Gasteiger partial charge in [0.05, 0.1) is 6.61 Å². The molecule has 82 valence electrons. The van der Waals surface area contributed by atoms with Crippen LogP contribution in [0.3, 0.4) is 0 Å². The van der Waals surface area contributed by atoms with E-state index in [-0.39, 0.29) is 6.61 Å². The molecule has 0 bridgehead atoms. The van der Waals surface area contributed by atoms with Crippen LogP contribution in [0, 0.1) is 0 Å². The van der Waals surface area contributed by atoms with E-state index < -0.39 is 0 Å². The second-order valence-electron chi connectivity index (χ2n) is 4.75. The van der Waals surface area contributed by atoms with Crippen LogP contribution >= 0.6 is 0 Å². The zero-order valence-corrected chi connectivity index (χ0v) is 9.15. The van der Waals surface area contributed by atoms with Crippen molar-refractivity contribution in [1.29, 1.82) is 0 Å². The molecule has 3 heteroatoms. The Balaban J connectivity index is 1.77. The van der Waals surface area contributed by atoms with E-state index in [0.29, 0.717) is 0 Å². The van der Waals surface area contributed by atoms with E-state index in [4.69, 9.17) is 5.11 Å². The van der Waals surface area contributed by atoms with E-state index in [0.717, 1.165) is 25.2 Å². The lowest BCUT2D eigenvalue weighted by Crippen LogP contribution is -2.40. The molecule has 1 aliphatic heterocycles. The Morgan fingerprint density at radius 2 is 2.14 bits per heavy atom. The number of aliphatic hydroxyl groups is 1. The number of hydrogen-bond donors (Lipinski definition) is 1. The van der Waals surface area contributed by atoms with E-state index >= 15 is 0 Å². The molecule has 0 spiro atoms. The van der Waals surface area contributed by atoms with Gasteiger partial charge in [-0.1, -0.05) is 0 Å². The molecule has 2 fully saturated rings. The number of aliphatic hydroxyl groups excluding tert-OH is 1. The highest BCUT2D eigenvalue weighted by atomic mass is 16.3. The van der Waals surface area contributed by atoms with Gasteiger partial charge < -0.3 is 10.0 Å². The third-order valence-corrected chi connectivity index (χ3v) is 3.44. The van der Waals surface area contributed by atoms with Crippen molar-refractivity contribution in [3.8, 4) is 0 Å². The van der Waals surface area contributed by atoms with Gasteiger partial charge in [0.1, 0.15) is 0 Å². The van der Waals surface area contributed by atoms with Crippen LogP contribution in [-0.4, -0.2) is 60.3 Å². The predicted octanol–water partition coefficient (Wildman–Crippen LogP) is 0.537. The molecule has 2 rings (SSSR count). The van der Waals surface area contributed by atoms with Crippen LogP contribution in [0.1, 0.15) is 25.7 Å². The van der Waals surface area contributed by atoms with Gasteiger partial charge in [0.25, 0.3) is 0 Å². The van der Waals surface area contributed by atoms with Crippen molar-refractivity contribution in [2.45, 2.75) is 37.8 Å². The Hall–Kier alpha value is -0.120. The van der Waals surface area contributed by atoms with Gasteiger partial charge >= 0.3 is 0 Å². The molecule has 14 heavy (non-hydrogen) atoms. The number of likely N-dealkylation sites (tertiary alicyclic amines) is 1. The first-order valence-corrected chi connectivity index (χ1v) is 5.86. The summed E-state index contributed by atoms with van der Waals surface area (Å²) in [6.07, 6.45) is 5.56. The molecule has 1 aliphatic carbocycles. The largest absolute Gasteiger partial charge is 0.395 e. The number of nitrogens with zero attached hydrogens (tertiary/aromatic N) is 2. The third kappa shape index (κ3) is 2.47. The maximum atomic E-state index is 8.84. The minimum Gasteiger partial charge on any atom is -0.395 e. The smallest absolute Gasteiger partial charge is 0.0558 e. The molecule has 0 aromatic carbocycles. The van der Waals surface area contributed by atoms with Crippen LogP contribution in [0.4, 0.5) is 0 Å². The van der Waals surface area contributed by atoms with Crippen molar-refractivity contribution >= 4 is 0 Å². The van der Waals surface area contributed by atoms with Gasteiger partial charge in [0.15, 0.2) is 0 Å². The fraction of sp³-hybridized carbons (Fsp3) is 1.00. The second kappa shape index (κ2) is 4.60. The first-order valence-electron chi connectivity index (χ1n) is 5.86. The molecule has 0 radical (unpaired) electrons. The number of likely N-dealkylation sites (N-methyl/N-ethyl adjacent to an activating group) is 1. The van der Waals surface area contributed by atoms with Crippen molar-refractivity contribution in [2.75, 3.05) is 33.3 Å². The first-order chi connectivity index (χ1) is 6.81. The van der Waals surface area contributed by atoms with Crippen LogP contribution < -0.4 is 0 Å². The molecule has 2 aliphatic rings. The fourth-order valence-corrected chi connectivity index (χ4v) is 2.56. The molecule has 1 saturated heterocycles. The van der Waals surface area contributed by atoms with Crippen molar-refractivity contribution in [2.24, 2.45) is 0 Å². The minimum absolute atomic E-state index is 0.284. The highest BCUT2D eigenvalue weighted by molar-refractivity contribution is 4.93. The van der Waals surface area contributed by atoms with Crippen molar-refractivity contribution < 1.29 is 5.11 Å². The summed E-state index contributed by atoms with van der Waals surface area (Å²) in [7, 11) is 2.11. The van der Waals surface area contributed by atoms with Gasteiger partial charge in [-0.3, -0.25) is 4.90 Å². The predicted molar refractivity (Wildman–Crippen MR) is 57.3 cm³/mol. The van der Waals surface area contributed by atoms with E-state index in [1.54, 1.807) is 0 Å². The van der Waals surface area contributed by atoms with Gasteiger partial charge in [0, 0.05) is 25.2 Å². The Morgan fingerprint density at radius 3 is 2.79 bits per heavy atom. The molecule has 1 saturated carbocycles. The summed E-state index contributed by atoms with van der Waals surface area (Å²) in [5.74, 6) is 0. The minimum atomic E-state index is 0.284. The van der Waals surface area contributed by atoms with Crippen molar-refractivity contribution in [1.82, 2.24) is 9.80 Å². The molecule has 3 nitrogen and oxygen atoms in total. The van der Waals surface area contributed by atoms with Crippen molar-refractivity contribution in [3.63, 3.8) is 0 Å². The zero-order valence-electron chi connectivity index (χ0n) is 9.15. The summed E-state index contributed by atoms with van der Waals surface area (Å²) in [5, 5.41) is 8.84. The molecule has 1 N–H and O–H groups in total. The van der Waals surface area contributed by atoms with E-state index in [2.05, 4.69) is 16.8 Å². The number of rotatable bonds is 5.